The second-order valence-corrected chi connectivity index (χ2v) is 4.86. The fourth-order valence-corrected chi connectivity index (χ4v) is 2.16. The Bertz CT molecular complexity index is 565. The van der Waals surface area contributed by atoms with E-state index < -0.39 is 5.60 Å². The molecule has 0 spiro atoms. The number of fused-ring (bicyclic) bond motifs is 1. The lowest BCUT2D eigenvalue weighted by Crippen LogP contribution is -2.43. The summed E-state index contributed by atoms with van der Waals surface area (Å²) in [5.41, 5.74) is -0.280. The van der Waals surface area contributed by atoms with Crippen molar-refractivity contribution in [1.82, 2.24) is 5.32 Å². The molecule has 2 heterocycles. The van der Waals surface area contributed by atoms with Gasteiger partial charge in [-0.2, -0.15) is 0 Å². The topological polar surface area (TPSA) is 71.7 Å². The third kappa shape index (κ3) is 2.47. The second kappa shape index (κ2) is 4.68. The van der Waals surface area contributed by atoms with Gasteiger partial charge in [-0.3, -0.25) is 4.79 Å². The van der Waals surface area contributed by atoms with Crippen LogP contribution in [0.2, 0.25) is 0 Å². The third-order valence-corrected chi connectivity index (χ3v) is 3.31. The summed E-state index contributed by atoms with van der Waals surface area (Å²) in [6.45, 7) is 0.952. The summed E-state index contributed by atoms with van der Waals surface area (Å²) in [7, 11) is 0. The number of furan rings is 1. The Morgan fingerprint density at radius 3 is 3.00 bits per heavy atom. The van der Waals surface area contributed by atoms with E-state index in [0.717, 1.165) is 5.39 Å². The molecule has 0 aliphatic carbocycles. The summed E-state index contributed by atoms with van der Waals surface area (Å²) >= 11 is 0. The maximum Gasteiger partial charge on any atom is 0.287 e. The highest BCUT2D eigenvalue weighted by Crippen LogP contribution is 2.20. The van der Waals surface area contributed by atoms with Crippen molar-refractivity contribution < 1.29 is 19.1 Å². The van der Waals surface area contributed by atoms with E-state index in [4.69, 9.17) is 9.15 Å². The maximum absolute atomic E-state index is 12.0. The first-order valence-electron chi connectivity index (χ1n) is 6.23. The molecule has 2 N–H and O–H groups in total. The van der Waals surface area contributed by atoms with Gasteiger partial charge in [-0.25, -0.2) is 0 Å². The van der Waals surface area contributed by atoms with Crippen LogP contribution in [-0.2, 0) is 4.74 Å². The molecular formula is C14H15NO4. The van der Waals surface area contributed by atoms with Crippen LogP contribution < -0.4 is 5.32 Å². The van der Waals surface area contributed by atoms with Crippen molar-refractivity contribution in [2.45, 2.75) is 12.0 Å². The van der Waals surface area contributed by atoms with Crippen LogP contribution in [-0.4, -0.2) is 36.4 Å². The van der Waals surface area contributed by atoms with Gasteiger partial charge in [-0.1, -0.05) is 18.2 Å². The Balaban J connectivity index is 1.69. The average Bonchev–Trinajstić information content (AvgIpc) is 3.02. The molecule has 1 fully saturated rings. The molecule has 0 unspecified atom stereocenters. The first-order valence-corrected chi connectivity index (χ1v) is 6.23. The van der Waals surface area contributed by atoms with Crippen LogP contribution in [0.1, 0.15) is 17.0 Å². The zero-order valence-electron chi connectivity index (χ0n) is 10.4. The fourth-order valence-electron chi connectivity index (χ4n) is 2.16. The Labute approximate surface area is 110 Å². The molecule has 5 heteroatoms. The summed E-state index contributed by atoms with van der Waals surface area (Å²) < 4.78 is 10.6. The van der Waals surface area contributed by atoms with Crippen LogP contribution in [0.15, 0.2) is 34.7 Å². The van der Waals surface area contributed by atoms with Crippen molar-refractivity contribution >= 4 is 16.9 Å². The summed E-state index contributed by atoms with van der Waals surface area (Å²) in [6, 6.07) is 9.13. The van der Waals surface area contributed by atoms with E-state index in [1.165, 1.54) is 0 Å². The van der Waals surface area contributed by atoms with Gasteiger partial charge in [0.15, 0.2) is 5.76 Å². The quantitative estimate of drug-likeness (QED) is 0.874. The van der Waals surface area contributed by atoms with Crippen LogP contribution >= 0.6 is 0 Å². The number of ether oxygens (including phenoxy) is 1. The molecule has 2 aromatic rings. The van der Waals surface area contributed by atoms with E-state index in [1.54, 1.807) is 6.07 Å². The SMILES string of the molecule is O=C(NC[C@@]1(O)CCOC1)c1cc2ccccc2o1. The standard InChI is InChI=1S/C14H15NO4/c16-13(15-8-14(17)5-6-18-9-14)12-7-10-3-1-2-4-11(10)19-12/h1-4,7,17H,5-6,8-9H2,(H,15,16)/t14-/m0/s1. The zero-order valence-corrected chi connectivity index (χ0v) is 10.4. The van der Waals surface area contributed by atoms with Crippen LogP contribution in [0, 0.1) is 0 Å². The van der Waals surface area contributed by atoms with Gasteiger partial charge < -0.3 is 19.6 Å². The van der Waals surface area contributed by atoms with E-state index >= 15 is 0 Å². The Hall–Kier alpha value is -1.85. The maximum atomic E-state index is 12.0. The van der Waals surface area contributed by atoms with E-state index in [0.29, 0.717) is 18.6 Å². The lowest BCUT2D eigenvalue weighted by molar-refractivity contribution is 0.0261. The van der Waals surface area contributed by atoms with E-state index in [-0.39, 0.29) is 24.8 Å². The normalized spacial score (nSPS) is 22.8. The van der Waals surface area contributed by atoms with Crippen molar-refractivity contribution in [3.8, 4) is 0 Å². The Morgan fingerprint density at radius 2 is 2.26 bits per heavy atom. The minimum atomic E-state index is -0.957. The van der Waals surface area contributed by atoms with Gasteiger partial charge in [0.1, 0.15) is 11.2 Å². The number of nitrogens with one attached hydrogen (secondary N) is 1. The number of rotatable bonds is 3. The van der Waals surface area contributed by atoms with Gasteiger partial charge in [0.2, 0.25) is 0 Å². The van der Waals surface area contributed by atoms with Crippen LogP contribution in [0.25, 0.3) is 11.0 Å². The third-order valence-electron chi connectivity index (χ3n) is 3.31. The molecule has 1 aromatic heterocycles. The molecule has 1 saturated heterocycles. The van der Waals surface area contributed by atoms with E-state index in [1.807, 2.05) is 24.3 Å². The first-order chi connectivity index (χ1) is 9.16. The molecule has 0 radical (unpaired) electrons. The zero-order chi connectivity index (χ0) is 13.3. The summed E-state index contributed by atoms with van der Waals surface area (Å²) in [5.74, 6) is -0.0692. The molecule has 1 aliphatic heterocycles. The van der Waals surface area contributed by atoms with E-state index in [2.05, 4.69) is 5.32 Å². The summed E-state index contributed by atoms with van der Waals surface area (Å²) in [5, 5.41) is 13.6. The summed E-state index contributed by atoms with van der Waals surface area (Å²) in [6.07, 6.45) is 0.535. The molecule has 1 atom stereocenters. The summed E-state index contributed by atoms with van der Waals surface area (Å²) in [4.78, 5) is 12.0. The molecular weight excluding hydrogens is 246 g/mol. The minimum absolute atomic E-state index is 0.170. The molecule has 0 saturated carbocycles. The van der Waals surface area contributed by atoms with Crippen LogP contribution in [0.3, 0.4) is 0 Å². The van der Waals surface area contributed by atoms with Gasteiger partial charge in [-0.05, 0) is 12.1 Å². The Morgan fingerprint density at radius 1 is 1.42 bits per heavy atom. The van der Waals surface area contributed by atoms with Crippen LogP contribution in [0.5, 0.6) is 0 Å². The van der Waals surface area contributed by atoms with Crippen LogP contribution in [0.4, 0.5) is 0 Å². The predicted octanol–water partition coefficient (Wildman–Crippen LogP) is 1.31. The monoisotopic (exact) mass is 261 g/mol. The number of amides is 1. The van der Waals surface area contributed by atoms with Gasteiger partial charge in [-0.15, -0.1) is 0 Å². The molecule has 19 heavy (non-hydrogen) atoms. The largest absolute Gasteiger partial charge is 0.451 e. The number of para-hydroxylation sites is 1. The fraction of sp³-hybridized carbons (Fsp3) is 0.357. The number of aliphatic hydroxyl groups is 1. The van der Waals surface area contributed by atoms with Gasteiger partial charge in [0, 0.05) is 25.0 Å². The number of hydrogen-bond acceptors (Lipinski definition) is 4. The van der Waals surface area contributed by atoms with Crippen molar-refractivity contribution in [3.63, 3.8) is 0 Å². The van der Waals surface area contributed by atoms with Gasteiger partial charge >= 0.3 is 0 Å². The molecule has 100 valence electrons. The molecule has 1 amide bonds. The van der Waals surface area contributed by atoms with Crippen molar-refractivity contribution in [1.29, 1.82) is 0 Å². The predicted molar refractivity (Wildman–Crippen MR) is 68.9 cm³/mol. The number of carbonyl (C=O) groups excluding carboxylic acids is 1. The van der Waals surface area contributed by atoms with Crippen molar-refractivity contribution in [2.75, 3.05) is 19.8 Å². The number of carbonyl (C=O) groups is 1. The number of benzene rings is 1. The molecule has 1 aliphatic rings. The Kier molecular flexibility index (Phi) is 3.00. The first kappa shape index (κ1) is 12.2. The van der Waals surface area contributed by atoms with Gasteiger partial charge in [0.05, 0.1) is 6.61 Å². The van der Waals surface area contributed by atoms with Gasteiger partial charge in [0.25, 0.3) is 5.91 Å². The average molecular weight is 261 g/mol. The second-order valence-electron chi connectivity index (χ2n) is 4.86. The van der Waals surface area contributed by atoms with E-state index in [9.17, 15) is 9.90 Å². The van der Waals surface area contributed by atoms with Crippen molar-refractivity contribution in [3.05, 3.63) is 36.1 Å². The molecule has 5 nitrogen and oxygen atoms in total. The highest BCUT2D eigenvalue weighted by atomic mass is 16.5. The lowest BCUT2D eigenvalue weighted by atomic mass is 10.0. The highest BCUT2D eigenvalue weighted by Gasteiger charge is 2.32. The highest BCUT2D eigenvalue weighted by molar-refractivity contribution is 5.96. The smallest absolute Gasteiger partial charge is 0.287 e. The molecule has 3 rings (SSSR count). The minimum Gasteiger partial charge on any atom is -0.451 e. The lowest BCUT2D eigenvalue weighted by Gasteiger charge is -2.20. The van der Waals surface area contributed by atoms with Crippen molar-refractivity contribution in [2.24, 2.45) is 0 Å². The number of hydrogen-bond donors (Lipinski definition) is 2. The molecule has 1 aromatic carbocycles. The molecule has 0 bridgehead atoms.